The Morgan fingerprint density at radius 3 is 2.04 bits per heavy atom. The van der Waals surface area contributed by atoms with Crippen LogP contribution in [0.2, 0.25) is 0 Å². The highest BCUT2D eigenvalue weighted by Gasteiger charge is 2.25. The molecule has 7 nitrogen and oxygen atoms in total. The van der Waals surface area contributed by atoms with Gasteiger partial charge < -0.3 is 19.4 Å². The number of guanidine groups is 1. The van der Waals surface area contributed by atoms with Crippen molar-refractivity contribution in [2.45, 2.75) is 32.8 Å². The number of carbonyl (C=O) groups excluding carboxylic acids is 1. The van der Waals surface area contributed by atoms with E-state index in [2.05, 4.69) is 9.89 Å². The molecule has 1 saturated heterocycles. The van der Waals surface area contributed by atoms with Crippen LogP contribution in [0.3, 0.4) is 0 Å². The third-order valence-electron chi connectivity index (χ3n) is 3.71. The van der Waals surface area contributed by atoms with Gasteiger partial charge in [0.2, 0.25) is 0 Å². The molecule has 0 aromatic rings. The van der Waals surface area contributed by atoms with Crippen molar-refractivity contribution in [2.75, 3.05) is 67.5 Å². The zero-order chi connectivity index (χ0) is 18.3. The molecule has 1 amide bonds. The summed E-state index contributed by atoms with van der Waals surface area (Å²) in [5.74, 6) is 0.991. The largest absolute Gasteiger partial charge is 0.444 e. The summed E-state index contributed by atoms with van der Waals surface area (Å²) >= 11 is 0. The van der Waals surface area contributed by atoms with Crippen molar-refractivity contribution in [3.05, 3.63) is 0 Å². The minimum absolute atomic E-state index is 0.201. The number of hydrogen-bond donors (Lipinski definition) is 0. The van der Waals surface area contributed by atoms with E-state index in [4.69, 9.17) is 4.74 Å². The number of aliphatic imine (C=N–C) groups is 1. The van der Waals surface area contributed by atoms with Crippen LogP contribution in [0.25, 0.3) is 0 Å². The number of carbonyl (C=O) groups is 1. The average Bonchev–Trinajstić information content (AvgIpc) is 2.45. The zero-order valence-electron chi connectivity index (χ0n) is 16.5. The minimum atomic E-state index is -0.428. The molecule has 0 unspecified atom stereocenters. The molecule has 1 rings (SSSR count). The summed E-state index contributed by atoms with van der Waals surface area (Å²) in [5.41, 5.74) is -0.428. The Bertz CT molecular complexity index is 411. The SMILES string of the molecule is CN(C)C(=NCCCN1CCN(C(=O)OC(C)(C)C)CC1)N(C)C. The molecule has 0 N–H and O–H groups in total. The van der Waals surface area contributed by atoms with Crippen LogP contribution in [0.1, 0.15) is 27.2 Å². The van der Waals surface area contributed by atoms with Gasteiger partial charge in [0.15, 0.2) is 5.96 Å². The summed E-state index contributed by atoms with van der Waals surface area (Å²) in [6.07, 6.45) is 0.825. The topological polar surface area (TPSA) is 51.6 Å². The quantitative estimate of drug-likeness (QED) is 0.440. The molecule has 1 heterocycles. The maximum atomic E-state index is 12.0. The van der Waals surface area contributed by atoms with Gasteiger partial charge in [-0.15, -0.1) is 0 Å². The van der Waals surface area contributed by atoms with Gasteiger partial charge in [0, 0.05) is 67.5 Å². The van der Waals surface area contributed by atoms with Gasteiger partial charge in [0.05, 0.1) is 0 Å². The van der Waals surface area contributed by atoms with Gasteiger partial charge in [-0.25, -0.2) is 4.79 Å². The van der Waals surface area contributed by atoms with Crippen molar-refractivity contribution >= 4 is 12.1 Å². The molecule has 0 saturated carbocycles. The van der Waals surface area contributed by atoms with Gasteiger partial charge in [0.1, 0.15) is 5.60 Å². The molecule has 0 atom stereocenters. The number of ether oxygens (including phenoxy) is 1. The second-order valence-electron chi connectivity index (χ2n) is 7.63. The van der Waals surface area contributed by atoms with Crippen molar-refractivity contribution < 1.29 is 9.53 Å². The van der Waals surface area contributed by atoms with Crippen molar-refractivity contribution in [1.29, 1.82) is 0 Å². The van der Waals surface area contributed by atoms with Crippen LogP contribution in [0, 0.1) is 0 Å². The van der Waals surface area contributed by atoms with Crippen molar-refractivity contribution in [3.8, 4) is 0 Å². The molecule has 1 aliphatic rings. The van der Waals surface area contributed by atoms with Gasteiger partial charge in [-0.05, 0) is 27.2 Å². The number of nitrogens with zero attached hydrogens (tertiary/aromatic N) is 5. The summed E-state index contributed by atoms with van der Waals surface area (Å²) in [5, 5.41) is 0. The van der Waals surface area contributed by atoms with E-state index in [9.17, 15) is 4.79 Å². The van der Waals surface area contributed by atoms with Crippen LogP contribution in [0.4, 0.5) is 4.79 Å². The van der Waals surface area contributed by atoms with Gasteiger partial charge in [-0.2, -0.15) is 0 Å². The molecule has 0 aromatic heterocycles. The van der Waals surface area contributed by atoms with Crippen LogP contribution < -0.4 is 0 Å². The summed E-state index contributed by atoms with van der Waals surface area (Å²) in [7, 11) is 8.03. The lowest BCUT2D eigenvalue weighted by molar-refractivity contribution is 0.0145. The van der Waals surface area contributed by atoms with E-state index in [1.165, 1.54) is 0 Å². The maximum absolute atomic E-state index is 12.0. The van der Waals surface area contributed by atoms with E-state index in [1.807, 2.05) is 58.8 Å². The first-order valence-corrected chi connectivity index (χ1v) is 8.69. The van der Waals surface area contributed by atoms with Crippen molar-refractivity contribution in [1.82, 2.24) is 19.6 Å². The second-order valence-corrected chi connectivity index (χ2v) is 7.63. The Hall–Kier alpha value is -1.50. The fourth-order valence-corrected chi connectivity index (χ4v) is 2.64. The first-order valence-electron chi connectivity index (χ1n) is 8.69. The predicted octanol–water partition coefficient (Wildman–Crippen LogP) is 1.41. The zero-order valence-corrected chi connectivity index (χ0v) is 16.5. The molecule has 0 aliphatic carbocycles. The van der Waals surface area contributed by atoms with E-state index >= 15 is 0 Å². The minimum Gasteiger partial charge on any atom is -0.444 e. The Labute approximate surface area is 147 Å². The standard InChI is InChI=1S/C17H35N5O2/c1-17(2,3)24-16(23)22-13-11-21(12-14-22)10-8-9-18-15(19(4)5)20(6)7/h8-14H2,1-7H3. The van der Waals surface area contributed by atoms with Crippen molar-refractivity contribution in [3.63, 3.8) is 0 Å². The smallest absolute Gasteiger partial charge is 0.410 e. The third-order valence-corrected chi connectivity index (χ3v) is 3.71. The van der Waals surface area contributed by atoms with Gasteiger partial charge in [-0.1, -0.05) is 0 Å². The van der Waals surface area contributed by atoms with Crippen LogP contribution >= 0.6 is 0 Å². The van der Waals surface area contributed by atoms with Crippen LogP contribution in [-0.4, -0.2) is 105 Å². The second kappa shape index (κ2) is 9.11. The molecular weight excluding hydrogens is 306 g/mol. The lowest BCUT2D eigenvalue weighted by Gasteiger charge is -2.35. The molecule has 0 aromatic carbocycles. The van der Waals surface area contributed by atoms with E-state index in [0.717, 1.165) is 51.6 Å². The summed E-state index contributed by atoms with van der Waals surface area (Å²) in [6, 6.07) is 0. The van der Waals surface area contributed by atoms with Gasteiger partial charge >= 0.3 is 6.09 Å². The number of amides is 1. The normalized spacial score (nSPS) is 15.9. The molecule has 24 heavy (non-hydrogen) atoms. The average molecular weight is 342 g/mol. The van der Waals surface area contributed by atoms with E-state index in [-0.39, 0.29) is 6.09 Å². The summed E-state index contributed by atoms with van der Waals surface area (Å²) in [6.45, 7) is 10.8. The molecular formula is C17H35N5O2. The molecule has 0 radical (unpaired) electrons. The lowest BCUT2D eigenvalue weighted by atomic mass is 10.2. The molecule has 1 fully saturated rings. The Morgan fingerprint density at radius 2 is 1.58 bits per heavy atom. The van der Waals surface area contributed by atoms with Crippen LogP contribution in [0.5, 0.6) is 0 Å². The molecule has 7 heteroatoms. The number of hydrogen-bond acceptors (Lipinski definition) is 4. The first-order chi connectivity index (χ1) is 11.1. The third kappa shape index (κ3) is 7.38. The lowest BCUT2D eigenvalue weighted by Crippen LogP contribution is -2.50. The summed E-state index contributed by atoms with van der Waals surface area (Å²) in [4.78, 5) is 24.9. The number of piperazine rings is 1. The summed E-state index contributed by atoms with van der Waals surface area (Å²) < 4.78 is 5.42. The van der Waals surface area contributed by atoms with E-state index < -0.39 is 5.60 Å². The Kier molecular flexibility index (Phi) is 7.79. The molecule has 0 bridgehead atoms. The Balaban J connectivity index is 2.29. The highest BCUT2D eigenvalue weighted by molar-refractivity contribution is 5.79. The van der Waals surface area contributed by atoms with E-state index in [1.54, 1.807) is 4.90 Å². The molecule has 140 valence electrons. The predicted molar refractivity (Wildman–Crippen MR) is 98.5 cm³/mol. The van der Waals surface area contributed by atoms with Crippen LogP contribution in [-0.2, 0) is 4.74 Å². The first kappa shape index (κ1) is 20.5. The van der Waals surface area contributed by atoms with Crippen LogP contribution in [0.15, 0.2) is 4.99 Å². The van der Waals surface area contributed by atoms with Gasteiger partial charge in [-0.3, -0.25) is 9.89 Å². The van der Waals surface area contributed by atoms with E-state index in [0.29, 0.717) is 0 Å². The number of rotatable bonds is 4. The fourth-order valence-electron chi connectivity index (χ4n) is 2.64. The molecule has 1 aliphatic heterocycles. The monoisotopic (exact) mass is 341 g/mol. The molecule has 0 spiro atoms. The fraction of sp³-hybridized carbons (Fsp3) is 0.882. The highest BCUT2D eigenvalue weighted by atomic mass is 16.6. The maximum Gasteiger partial charge on any atom is 0.410 e. The van der Waals surface area contributed by atoms with Gasteiger partial charge in [0.25, 0.3) is 0 Å². The Morgan fingerprint density at radius 1 is 1.04 bits per heavy atom. The van der Waals surface area contributed by atoms with Crippen molar-refractivity contribution in [2.24, 2.45) is 4.99 Å². The highest BCUT2D eigenvalue weighted by Crippen LogP contribution is 2.12.